The maximum atomic E-state index is 12.4. The maximum absolute atomic E-state index is 12.4. The van der Waals surface area contributed by atoms with Crippen LogP contribution in [-0.4, -0.2) is 73.8 Å². The van der Waals surface area contributed by atoms with E-state index in [-0.39, 0.29) is 5.91 Å². The Morgan fingerprint density at radius 1 is 1.00 bits per heavy atom. The van der Waals surface area contributed by atoms with Gasteiger partial charge < -0.3 is 19.5 Å². The largest absolute Gasteiger partial charge is 0.490 e. The number of aliphatic carboxylic acids is 2. The molecule has 2 N–H and O–H groups in total. The van der Waals surface area contributed by atoms with Gasteiger partial charge in [-0.05, 0) is 30.2 Å². The van der Waals surface area contributed by atoms with Crippen LogP contribution >= 0.6 is 0 Å². The van der Waals surface area contributed by atoms with Crippen LogP contribution in [0.25, 0.3) is 0 Å². The molecule has 0 bridgehead atoms. The number of carbonyl (C=O) groups excluding carboxylic acids is 1. The van der Waals surface area contributed by atoms with Crippen molar-refractivity contribution < 1.29 is 55.4 Å². The predicted molar refractivity (Wildman–Crippen MR) is 108 cm³/mol. The summed E-state index contributed by atoms with van der Waals surface area (Å²) in [5.74, 6) is -4.29. The highest BCUT2D eigenvalue weighted by Gasteiger charge is 2.46. The molecule has 0 spiro atoms. The number of carboxylic acid groups (broad SMARTS) is 2. The zero-order valence-corrected chi connectivity index (χ0v) is 18.4. The number of amides is 1. The smallest absolute Gasteiger partial charge is 0.475 e. The summed E-state index contributed by atoms with van der Waals surface area (Å²) in [6.45, 7) is 2.48. The summed E-state index contributed by atoms with van der Waals surface area (Å²) in [4.78, 5) is 38.7. The number of aromatic nitrogens is 1. The van der Waals surface area contributed by atoms with E-state index in [4.69, 9.17) is 24.2 Å². The Labute approximate surface area is 199 Å². The van der Waals surface area contributed by atoms with Gasteiger partial charge in [-0.2, -0.15) is 26.3 Å². The summed E-state index contributed by atoms with van der Waals surface area (Å²) in [6, 6.07) is 8.50. The second-order valence-corrected chi connectivity index (χ2v) is 7.67. The van der Waals surface area contributed by atoms with Crippen LogP contribution in [0.3, 0.4) is 0 Å². The minimum atomic E-state index is -5.08. The van der Waals surface area contributed by atoms with Crippen LogP contribution in [0, 0.1) is 0 Å². The third-order valence-corrected chi connectivity index (χ3v) is 5.23. The minimum absolute atomic E-state index is 0.253. The lowest BCUT2D eigenvalue weighted by molar-refractivity contribution is -0.193. The molecular formula is C21H21F6N3O6. The van der Waals surface area contributed by atoms with Crippen LogP contribution in [0.1, 0.15) is 24.2 Å². The average molecular weight is 525 g/mol. The molecule has 2 aromatic rings. The number of pyridine rings is 1. The molecule has 2 aliphatic rings. The molecule has 0 saturated carbocycles. The van der Waals surface area contributed by atoms with E-state index in [1.165, 1.54) is 0 Å². The standard InChI is InChI=1S/C17H19N3O2.2C2HF3O2/c21-17-9-16-15(20(17)11-13-3-1-6-18-10-13)5-7-19(16)12-14-4-2-8-22-14;2*3-2(4,5)1(6)7/h1-4,6,8,10,15-16H,5,7,9,11-12H2;2*(H,6,7)/t15-,16+;;/m1../s1. The molecule has 2 fully saturated rings. The van der Waals surface area contributed by atoms with Gasteiger partial charge in [-0.3, -0.25) is 14.7 Å². The zero-order chi connectivity index (χ0) is 27.1. The van der Waals surface area contributed by atoms with Gasteiger partial charge in [-0.15, -0.1) is 0 Å². The monoisotopic (exact) mass is 525 g/mol. The molecule has 2 atom stereocenters. The quantitative estimate of drug-likeness (QED) is 0.583. The number of fused-ring (bicyclic) bond motifs is 1. The van der Waals surface area contributed by atoms with E-state index in [0.29, 0.717) is 25.0 Å². The van der Waals surface area contributed by atoms with E-state index in [2.05, 4.69) is 9.88 Å². The lowest BCUT2D eigenvalue weighted by atomic mass is 10.1. The number of furan rings is 1. The molecule has 0 aromatic carbocycles. The van der Waals surface area contributed by atoms with Crippen molar-refractivity contribution in [3.8, 4) is 0 Å². The van der Waals surface area contributed by atoms with Gasteiger partial charge in [-0.1, -0.05) is 6.07 Å². The van der Waals surface area contributed by atoms with E-state index in [1.807, 2.05) is 35.4 Å². The van der Waals surface area contributed by atoms with Gasteiger partial charge in [0.2, 0.25) is 5.91 Å². The molecule has 0 radical (unpaired) electrons. The number of alkyl halides is 6. The Morgan fingerprint density at radius 2 is 1.61 bits per heavy atom. The molecule has 9 nitrogen and oxygen atoms in total. The van der Waals surface area contributed by atoms with Crippen molar-refractivity contribution in [1.29, 1.82) is 0 Å². The number of rotatable bonds is 4. The van der Waals surface area contributed by atoms with Crippen molar-refractivity contribution >= 4 is 17.8 Å². The fraction of sp³-hybridized carbons (Fsp3) is 0.429. The highest BCUT2D eigenvalue weighted by Crippen LogP contribution is 2.34. The Bertz CT molecular complexity index is 989. The first-order chi connectivity index (χ1) is 16.7. The molecule has 198 valence electrons. The normalized spacial score (nSPS) is 19.6. The van der Waals surface area contributed by atoms with Crippen LogP contribution < -0.4 is 0 Å². The van der Waals surface area contributed by atoms with Gasteiger partial charge in [-0.25, -0.2) is 9.59 Å². The number of hydrogen-bond donors (Lipinski definition) is 2. The summed E-state index contributed by atoms with van der Waals surface area (Å²) in [6.07, 6.45) is -3.20. The lowest BCUT2D eigenvalue weighted by Crippen LogP contribution is -2.36. The number of hydrogen-bond acceptors (Lipinski definition) is 6. The number of carbonyl (C=O) groups is 3. The summed E-state index contributed by atoms with van der Waals surface area (Å²) >= 11 is 0. The molecule has 4 rings (SSSR count). The Balaban J connectivity index is 0.000000271. The van der Waals surface area contributed by atoms with Gasteiger partial charge in [0.15, 0.2) is 0 Å². The minimum Gasteiger partial charge on any atom is -0.475 e. The fourth-order valence-electron chi connectivity index (χ4n) is 3.70. The van der Waals surface area contributed by atoms with Gasteiger partial charge in [0, 0.05) is 44.0 Å². The Kier molecular flexibility index (Phi) is 9.44. The first-order valence-electron chi connectivity index (χ1n) is 10.2. The fourth-order valence-corrected chi connectivity index (χ4v) is 3.70. The van der Waals surface area contributed by atoms with E-state index < -0.39 is 24.3 Å². The number of halogens is 6. The first kappa shape index (κ1) is 28.6. The van der Waals surface area contributed by atoms with Crippen LogP contribution in [-0.2, 0) is 27.5 Å². The van der Waals surface area contributed by atoms with Gasteiger partial charge in [0.1, 0.15) is 5.76 Å². The SMILES string of the molecule is O=C(O)C(F)(F)F.O=C(O)C(F)(F)F.O=C1C[C@H]2[C@@H](CCN2Cc2ccco2)N1Cc1cccnc1. The topological polar surface area (TPSA) is 124 Å². The third kappa shape index (κ3) is 8.25. The van der Waals surface area contributed by atoms with Crippen molar-refractivity contribution in [2.75, 3.05) is 6.54 Å². The predicted octanol–water partition coefficient (Wildman–Crippen LogP) is 3.32. The van der Waals surface area contributed by atoms with Crippen LogP contribution in [0.15, 0.2) is 47.3 Å². The molecule has 2 saturated heterocycles. The van der Waals surface area contributed by atoms with Gasteiger partial charge in [0.25, 0.3) is 0 Å². The first-order valence-corrected chi connectivity index (χ1v) is 10.2. The molecule has 15 heteroatoms. The second kappa shape index (κ2) is 11.9. The highest BCUT2D eigenvalue weighted by atomic mass is 19.4. The summed E-state index contributed by atoms with van der Waals surface area (Å²) in [5, 5.41) is 14.2. The van der Waals surface area contributed by atoms with Crippen molar-refractivity contribution in [2.24, 2.45) is 0 Å². The molecule has 4 heterocycles. The van der Waals surface area contributed by atoms with Crippen molar-refractivity contribution in [3.63, 3.8) is 0 Å². The van der Waals surface area contributed by atoms with Crippen molar-refractivity contribution in [1.82, 2.24) is 14.8 Å². The molecule has 1 amide bonds. The molecule has 36 heavy (non-hydrogen) atoms. The molecular weight excluding hydrogens is 504 g/mol. The Morgan fingerprint density at radius 3 is 2.08 bits per heavy atom. The molecule has 2 aromatic heterocycles. The van der Waals surface area contributed by atoms with E-state index in [9.17, 15) is 31.1 Å². The van der Waals surface area contributed by atoms with Gasteiger partial charge in [0.05, 0.1) is 12.8 Å². The zero-order valence-electron chi connectivity index (χ0n) is 18.4. The van der Waals surface area contributed by atoms with Crippen molar-refractivity contribution in [2.45, 2.75) is 50.4 Å². The molecule has 0 aliphatic carbocycles. The number of likely N-dealkylation sites (tertiary alicyclic amines) is 2. The number of carboxylic acids is 2. The number of nitrogens with zero attached hydrogens (tertiary/aromatic N) is 3. The lowest BCUT2D eigenvalue weighted by Gasteiger charge is -2.25. The maximum Gasteiger partial charge on any atom is 0.490 e. The molecule has 0 unspecified atom stereocenters. The van der Waals surface area contributed by atoms with Crippen LogP contribution in [0.4, 0.5) is 26.3 Å². The van der Waals surface area contributed by atoms with E-state index in [1.54, 1.807) is 12.5 Å². The van der Waals surface area contributed by atoms with E-state index >= 15 is 0 Å². The third-order valence-electron chi connectivity index (χ3n) is 5.23. The Hall–Kier alpha value is -3.62. The van der Waals surface area contributed by atoms with Crippen LogP contribution in [0.2, 0.25) is 0 Å². The summed E-state index contributed by atoms with van der Waals surface area (Å²) in [5.41, 5.74) is 1.10. The highest BCUT2D eigenvalue weighted by molar-refractivity contribution is 5.80. The summed E-state index contributed by atoms with van der Waals surface area (Å²) < 4.78 is 68.9. The second-order valence-electron chi connectivity index (χ2n) is 7.67. The van der Waals surface area contributed by atoms with Crippen molar-refractivity contribution in [3.05, 3.63) is 54.2 Å². The van der Waals surface area contributed by atoms with E-state index in [0.717, 1.165) is 30.8 Å². The van der Waals surface area contributed by atoms with Gasteiger partial charge >= 0.3 is 24.3 Å². The molecule has 2 aliphatic heterocycles. The average Bonchev–Trinajstić information content (AvgIpc) is 3.49. The summed E-state index contributed by atoms with van der Waals surface area (Å²) in [7, 11) is 0. The van der Waals surface area contributed by atoms with Crippen LogP contribution in [0.5, 0.6) is 0 Å².